The fraction of sp³-hybridized carbons (Fsp3) is 0.227. The van der Waals surface area contributed by atoms with Crippen LogP contribution < -0.4 is 5.32 Å². The van der Waals surface area contributed by atoms with E-state index in [1.54, 1.807) is 24.7 Å². The van der Waals surface area contributed by atoms with Crippen molar-refractivity contribution in [2.45, 2.75) is 32.9 Å². The van der Waals surface area contributed by atoms with Gasteiger partial charge >= 0.3 is 0 Å². The van der Waals surface area contributed by atoms with E-state index in [0.29, 0.717) is 12.5 Å². The number of nitrogens with zero attached hydrogens (tertiary/aromatic N) is 4. The number of hydrogen-bond acceptors (Lipinski definition) is 4. The third kappa shape index (κ3) is 3.99. The lowest BCUT2D eigenvalue weighted by molar-refractivity contribution is 0.102. The van der Waals surface area contributed by atoms with Crippen molar-refractivity contribution in [3.8, 4) is 5.75 Å². The van der Waals surface area contributed by atoms with Gasteiger partial charge in [0.25, 0.3) is 5.91 Å². The van der Waals surface area contributed by atoms with E-state index in [1.807, 2.05) is 52.6 Å². The summed E-state index contributed by atoms with van der Waals surface area (Å²) in [6.45, 7) is 3.52. The van der Waals surface area contributed by atoms with Crippen LogP contribution in [0, 0.1) is 0 Å². The van der Waals surface area contributed by atoms with E-state index in [9.17, 15) is 9.90 Å². The summed E-state index contributed by atoms with van der Waals surface area (Å²) in [6, 6.07) is 12.9. The van der Waals surface area contributed by atoms with Crippen molar-refractivity contribution in [1.82, 2.24) is 19.1 Å². The first-order valence-electron chi connectivity index (χ1n) is 9.70. The van der Waals surface area contributed by atoms with Crippen molar-refractivity contribution in [3.63, 3.8) is 0 Å². The van der Waals surface area contributed by atoms with E-state index in [2.05, 4.69) is 15.3 Å². The van der Waals surface area contributed by atoms with Crippen LogP contribution >= 0.6 is 0 Å². The molecule has 2 aromatic carbocycles. The van der Waals surface area contributed by atoms with Crippen molar-refractivity contribution in [1.29, 1.82) is 0 Å². The van der Waals surface area contributed by atoms with Gasteiger partial charge in [-0.3, -0.25) is 10.1 Å². The number of benzene rings is 2. The van der Waals surface area contributed by atoms with E-state index < -0.39 is 0 Å². The fourth-order valence-corrected chi connectivity index (χ4v) is 3.38. The number of hydrogen-bond donors (Lipinski definition) is 2. The number of amides is 1. The molecule has 0 bridgehead atoms. The molecule has 4 rings (SSSR count). The van der Waals surface area contributed by atoms with Crippen LogP contribution in [-0.2, 0) is 19.5 Å². The van der Waals surface area contributed by atoms with E-state index in [0.717, 1.165) is 36.0 Å². The molecule has 0 saturated heterocycles. The maximum Gasteiger partial charge on any atom is 0.261 e. The number of aromatic nitrogens is 4. The summed E-state index contributed by atoms with van der Waals surface area (Å²) in [5, 5.41) is 13.0. The van der Waals surface area contributed by atoms with Gasteiger partial charge in [0, 0.05) is 25.5 Å². The number of imidazole rings is 2. The molecule has 0 radical (unpaired) electrons. The van der Waals surface area contributed by atoms with Crippen molar-refractivity contribution in [3.05, 3.63) is 72.3 Å². The highest BCUT2D eigenvalue weighted by Crippen LogP contribution is 2.23. The second kappa shape index (κ2) is 8.18. The van der Waals surface area contributed by atoms with Crippen LogP contribution in [0.25, 0.3) is 11.0 Å². The molecule has 2 aromatic heterocycles. The SMILES string of the molecule is CCc1ccc(O)c(C(=O)Nc2nc3ccccc3n2CCCn2ccnc2)c1. The normalized spacial score (nSPS) is 11.1. The number of phenols is 1. The van der Waals surface area contributed by atoms with Gasteiger partial charge in [0.15, 0.2) is 0 Å². The van der Waals surface area contributed by atoms with E-state index in [4.69, 9.17) is 0 Å². The molecule has 0 saturated carbocycles. The Labute approximate surface area is 168 Å². The lowest BCUT2D eigenvalue weighted by Gasteiger charge is -2.11. The number of fused-ring (bicyclic) bond motifs is 1. The molecule has 0 fully saturated rings. The van der Waals surface area contributed by atoms with Gasteiger partial charge in [-0.15, -0.1) is 0 Å². The number of rotatable bonds is 7. The molecule has 2 heterocycles. The van der Waals surface area contributed by atoms with Gasteiger partial charge in [-0.1, -0.05) is 25.1 Å². The second-order valence-corrected chi connectivity index (χ2v) is 6.89. The molecule has 0 unspecified atom stereocenters. The molecule has 0 aliphatic carbocycles. The highest BCUT2D eigenvalue weighted by molar-refractivity contribution is 6.06. The Hall–Kier alpha value is -3.61. The molecule has 7 heteroatoms. The predicted molar refractivity (Wildman–Crippen MR) is 112 cm³/mol. The molecule has 4 aromatic rings. The lowest BCUT2D eigenvalue weighted by atomic mass is 10.1. The van der Waals surface area contributed by atoms with E-state index in [-0.39, 0.29) is 17.2 Å². The summed E-state index contributed by atoms with van der Waals surface area (Å²) in [5.74, 6) is 0.0644. The smallest absolute Gasteiger partial charge is 0.261 e. The Kier molecular flexibility index (Phi) is 5.29. The van der Waals surface area contributed by atoms with Crippen molar-refractivity contribution < 1.29 is 9.90 Å². The first kappa shape index (κ1) is 18.7. The van der Waals surface area contributed by atoms with Gasteiger partial charge < -0.3 is 14.2 Å². The molecule has 0 aliphatic rings. The average molecular weight is 389 g/mol. The first-order chi connectivity index (χ1) is 14.2. The predicted octanol–water partition coefficient (Wildman–Crippen LogP) is 3.84. The Bertz CT molecular complexity index is 1130. The maximum atomic E-state index is 12.9. The van der Waals surface area contributed by atoms with E-state index >= 15 is 0 Å². The monoisotopic (exact) mass is 389 g/mol. The molecular weight excluding hydrogens is 366 g/mol. The van der Waals surface area contributed by atoms with Crippen molar-refractivity contribution in [2.75, 3.05) is 5.32 Å². The molecule has 7 nitrogen and oxygen atoms in total. The second-order valence-electron chi connectivity index (χ2n) is 6.89. The number of carbonyl (C=O) groups is 1. The highest BCUT2D eigenvalue weighted by Gasteiger charge is 2.17. The molecule has 0 atom stereocenters. The van der Waals surface area contributed by atoms with Crippen molar-refractivity contribution in [2.24, 2.45) is 0 Å². The highest BCUT2D eigenvalue weighted by atomic mass is 16.3. The average Bonchev–Trinajstić information content (AvgIpc) is 3.36. The summed E-state index contributed by atoms with van der Waals surface area (Å²) < 4.78 is 4.02. The number of aromatic hydroxyl groups is 1. The van der Waals surface area contributed by atoms with Gasteiger partial charge in [-0.25, -0.2) is 9.97 Å². The van der Waals surface area contributed by atoms with Gasteiger partial charge in [-0.05, 0) is 42.7 Å². The minimum atomic E-state index is -0.371. The lowest BCUT2D eigenvalue weighted by Crippen LogP contribution is -2.17. The summed E-state index contributed by atoms with van der Waals surface area (Å²) in [7, 11) is 0. The molecule has 0 spiro atoms. The standard InChI is InChI=1S/C22H23N5O2/c1-2-16-8-9-20(28)17(14-16)21(29)25-22-24-18-6-3-4-7-19(18)27(22)12-5-11-26-13-10-23-15-26/h3-4,6-10,13-15,28H,2,5,11-12H2,1H3,(H,24,25,29). The zero-order chi connectivity index (χ0) is 20.2. The quantitative estimate of drug-likeness (QED) is 0.503. The Morgan fingerprint density at radius 1 is 1.17 bits per heavy atom. The molecule has 0 aliphatic heterocycles. The molecule has 2 N–H and O–H groups in total. The van der Waals surface area contributed by atoms with Gasteiger partial charge in [0.2, 0.25) is 5.95 Å². The van der Waals surface area contributed by atoms with Gasteiger partial charge in [-0.2, -0.15) is 0 Å². The molecule has 148 valence electrons. The summed E-state index contributed by atoms with van der Waals surface area (Å²) in [5.41, 5.74) is 3.01. The molecule has 1 amide bonds. The summed E-state index contributed by atoms with van der Waals surface area (Å²) in [4.78, 5) is 21.5. The first-order valence-corrected chi connectivity index (χ1v) is 9.70. The zero-order valence-electron chi connectivity index (χ0n) is 16.2. The topological polar surface area (TPSA) is 85.0 Å². The fourth-order valence-electron chi connectivity index (χ4n) is 3.38. The van der Waals surface area contributed by atoms with Crippen molar-refractivity contribution >= 4 is 22.9 Å². The minimum Gasteiger partial charge on any atom is -0.507 e. The zero-order valence-corrected chi connectivity index (χ0v) is 16.2. The molecular formula is C22H23N5O2. The Morgan fingerprint density at radius 2 is 2.03 bits per heavy atom. The minimum absolute atomic E-state index is 0.0394. The van der Waals surface area contributed by atoms with Crippen LogP contribution in [0.3, 0.4) is 0 Å². The largest absolute Gasteiger partial charge is 0.507 e. The summed E-state index contributed by atoms with van der Waals surface area (Å²) in [6.07, 6.45) is 7.12. The van der Waals surface area contributed by atoms with Crippen LogP contribution in [0.1, 0.15) is 29.3 Å². The summed E-state index contributed by atoms with van der Waals surface area (Å²) >= 11 is 0. The number of carbonyl (C=O) groups excluding carboxylic acids is 1. The third-order valence-electron chi connectivity index (χ3n) is 4.95. The van der Waals surface area contributed by atoms with Crippen LogP contribution in [0.4, 0.5) is 5.95 Å². The number of nitrogens with one attached hydrogen (secondary N) is 1. The van der Waals surface area contributed by atoms with Gasteiger partial charge in [0.1, 0.15) is 5.75 Å². The van der Waals surface area contributed by atoms with Crippen LogP contribution in [0.2, 0.25) is 0 Å². The Balaban J connectivity index is 1.60. The number of phenolic OH excluding ortho intramolecular Hbond substituents is 1. The van der Waals surface area contributed by atoms with Crippen LogP contribution in [-0.4, -0.2) is 30.1 Å². The van der Waals surface area contributed by atoms with Crippen LogP contribution in [0.5, 0.6) is 5.75 Å². The van der Waals surface area contributed by atoms with Crippen LogP contribution in [0.15, 0.2) is 61.2 Å². The van der Waals surface area contributed by atoms with E-state index in [1.165, 1.54) is 0 Å². The number of aryl methyl sites for hydroxylation is 3. The number of anilines is 1. The molecule has 29 heavy (non-hydrogen) atoms. The number of para-hydroxylation sites is 2. The third-order valence-corrected chi connectivity index (χ3v) is 4.95. The Morgan fingerprint density at radius 3 is 2.83 bits per heavy atom. The maximum absolute atomic E-state index is 12.9. The van der Waals surface area contributed by atoms with Gasteiger partial charge in [0.05, 0.1) is 22.9 Å².